The van der Waals surface area contributed by atoms with E-state index in [1.165, 1.54) is 5.56 Å². The van der Waals surface area contributed by atoms with Gasteiger partial charge in [-0.1, -0.05) is 0 Å². The van der Waals surface area contributed by atoms with Gasteiger partial charge in [-0.2, -0.15) is 0 Å². The van der Waals surface area contributed by atoms with Crippen LogP contribution in [-0.2, 0) is 6.42 Å². The Morgan fingerprint density at radius 2 is 2.14 bits per heavy atom. The number of piperidine rings is 1. The molecule has 5 nitrogen and oxygen atoms in total. The van der Waals surface area contributed by atoms with E-state index in [9.17, 15) is 5.11 Å². The summed E-state index contributed by atoms with van der Waals surface area (Å²) in [5.41, 5.74) is 7.07. The van der Waals surface area contributed by atoms with Crippen molar-refractivity contribution in [1.29, 1.82) is 0 Å². The molecule has 0 spiro atoms. The fraction of sp³-hybridized carbons (Fsp3) is 0.529. The van der Waals surface area contributed by atoms with Crippen molar-refractivity contribution in [2.45, 2.75) is 24.9 Å². The quantitative estimate of drug-likeness (QED) is 0.881. The summed E-state index contributed by atoms with van der Waals surface area (Å²) in [6, 6.07) is 5.88. The summed E-state index contributed by atoms with van der Waals surface area (Å²) in [6.45, 7) is 3.11. The van der Waals surface area contributed by atoms with Crippen LogP contribution in [0.4, 0.5) is 0 Å². The number of nitrogens with two attached hydrogens (primary N) is 1. The Bertz CT molecular complexity index is 630. The molecule has 120 valence electrons. The van der Waals surface area contributed by atoms with Crippen LogP contribution >= 0.6 is 0 Å². The molecule has 1 aromatic heterocycles. The van der Waals surface area contributed by atoms with Crippen molar-refractivity contribution in [2.75, 3.05) is 33.3 Å². The Hall–Kier alpha value is -1.56. The lowest BCUT2D eigenvalue weighted by atomic mass is 9.91. The molecule has 22 heavy (non-hydrogen) atoms. The molecule has 2 heterocycles. The highest BCUT2D eigenvalue weighted by Crippen LogP contribution is 2.27. The lowest BCUT2D eigenvalue weighted by molar-refractivity contribution is -0.0130. The zero-order valence-corrected chi connectivity index (χ0v) is 13.0. The van der Waals surface area contributed by atoms with Crippen LogP contribution in [0, 0.1) is 0 Å². The summed E-state index contributed by atoms with van der Waals surface area (Å²) in [4.78, 5) is 2.38. The molecule has 1 saturated heterocycles. The van der Waals surface area contributed by atoms with Crippen molar-refractivity contribution in [1.82, 2.24) is 4.90 Å². The van der Waals surface area contributed by atoms with Crippen LogP contribution in [0.1, 0.15) is 18.4 Å². The Labute approximate surface area is 130 Å². The molecule has 0 aliphatic carbocycles. The van der Waals surface area contributed by atoms with Crippen molar-refractivity contribution in [2.24, 2.45) is 5.73 Å². The highest BCUT2D eigenvalue weighted by atomic mass is 16.5. The second-order valence-electron chi connectivity index (χ2n) is 6.14. The smallest absolute Gasteiger partial charge is 0.134 e. The van der Waals surface area contributed by atoms with E-state index in [-0.39, 0.29) is 0 Å². The van der Waals surface area contributed by atoms with Gasteiger partial charge in [-0.15, -0.1) is 0 Å². The van der Waals surface area contributed by atoms with Crippen molar-refractivity contribution in [3.8, 4) is 5.75 Å². The number of methoxy groups -OCH3 is 1. The van der Waals surface area contributed by atoms with Gasteiger partial charge >= 0.3 is 0 Å². The molecule has 0 saturated carbocycles. The summed E-state index contributed by atoms with van der Waals surface area (Å²) in [5, 5.41) is 11.3. The number of rotatable bonds is 5. The van der Waals surface area contributed by atoms with Crippen molar-refractivity contribution in [3.05, 3.63) is 30.0 Å². The minimum atomic E-state index is -0.661. The normalized spacial score (nSPS) is 18.7. The summed E-state index contributed by atoms with van der Waals surface area (Å²) in [7, 11) is 1.67. The zero-order valence-electron chi connectivity index (χ0n) is 13.0. The predicted octanol–water partition coefficient (Wildman–Crippen LogP) is 1.77. The Kier molecular flexibility index (Phi) is 4.38. The molecule has 5 heteroatoms. The van der Waals surface area contributed by atoms with Gasteiger partial charge in [0.2, 0.25) is 0 Å². The fourth-order valence-corrected chi connectivity index (χ4v) is 3.06. The summed E-state index contributed by atoms with van der Waals surface area (Å²) in [6.07, 6.45) is 4.28. The lowest BCUT2D eigenvalue weighted by Crippen LogP contribution is -2.49. The van der Waals surface area contributed by atoms with Gasteiger partial charge < -0.3 is 24.9 Å². The Balaban J connectivity index is 1.62. The number of hydrogen-bond donors (Lipinski definition) is 2. The maximum absolute atomic E-state index is 10.2. The number of aliphatic hydroxyl groups is 1. The standard InChI is InChI=1S/C17H24N2O3/c1-21-14-2-3-16-15(10-14)13(11-22-16)4-7-19-8-5-17(20,12-18)6-9-19/h2-3,10-11,20H,4-9,12,18H2,1H3. The highest BCUT2D eigenvalue weighted by Gasteiger charge is 2.30. The molecule has 1 aliphatic heterocycles. The first-order valence-corrected chi connectivity index (χ1v) is 7.82. The molecule has 2 aromatic rings. The molecule has 1 fully saturated rings. The van der Waals surface area contributed by atoms with E-state index in [0.717, 1.165) is 55.6 Å². The Morgan fingerprint density at radius 1 is 1.36 bits per heavy atom. The van der Waals surface area contributed by atoms with Crippen LogP contribution in [0.25, 0.3) is 11.0 Å². The fourth-order valence-electron chi connectivity index (χ4n) is 3.06. The average molecular weight is 304 g/mol. The number of hydrogen-bond acceptors (Lipinski definition) is 5. The van der Waals surface area contributed by atoms with Gasteiger partial charge in [-0.3, -0.25) is 0 Å². The molecule has 0 radical (unpaired) electrons. The molecule has 1 aliphatic rings. The molecule has 0 atom stereocenters. The topological polar surface area (TPSA) is 71.9 Å². The van der Waals surface area contributed by atoms with Crippen LogP contribution < -0.4 is 10.5 Å². The van der Waals surface area contributed by atoms with Gasteiger partial charge in [0.25, 0.3) is 0 Å². The van der Waals surface area contributed by atoms with E-state index in [2.05, 4.69) is 4.90 Å². The first-order valence-electron chi connectivity index (χ1n) is 7.82. The zero-order chi connectivity index (χ0) is 15.6. The van der Waals surface area contributed by atoms with Gasteiger partial charge in [0.05, 0.1) is 19.0 Å². The van der Waals surface area contributed by atoms with Crippen LogP contribution in [-0.4, -0.2) is 48.9 Å². The van der Waals surface area contributed by atoms with Crippen LogP contribution in [0.15, 0.2) is 28.9 Å². The van der Waals surface area contributed by atoms with E-state index < -0.39 is 5.60 Å². The third-order valence-electron chi connectivity index (χ3n) is 4.72. The third-order valence-corrected chi connectivity index (χ3v) is 4.72. The first kappa shape index (κ1) is 15.3. The monoisotopic (exact) mass is 304 g/mol. The molecule has 1 aromatic carbocycles. The second-order valence-corrected chi connectivity index (χ2v) is 6.14. The number of likely N-dealkylation sites (tertiary alicyclic amines) is 1. The van der Waals surface area contributed by atoms with E-state index in [1.807, 2.05) is 24.5 Å². The number of furan rings is 1. The maximum Gasteiger partial charge on any atom is 0.134 e. The highest BCUT2D eigenvalue weighted by molar-refractivity contribution is 5.82. The van der Waals surface area contributed by atoms with Crippen molar-refractivity contribution in [3.63, 3.8) is 0 Å². The number of benzene rings is 1. The van der Waals surface area contributed by atoms with Crippen LogP contribution in [0.5, 0.6) is 5.75 Å². The summed E-state index contributed by atoms with van der Waals surface area (Å²) in [5.74, 6) is 0.848. The SMILES string of the molecule is COc1ccc2occ(CCN3CCC(O)(CN)CC3)c2c1. The number of fused-ring (bicyclic) bond motifs is 1. The van der Waals surface area contributed by atoms with Crippen LogP contribution in [0.2, 0.25) is 0 Å². The molecular formula is C17H24N2O3. The van der Waals surface area contributed by atoms with E-state index in [0.29, 0.717) is 6.54 Å². The minimum absolute atomic E-state index is 0.354. The second kappa shape index (κ2) is 6.28. The van der Waals surface area contributed by atoms with Gasteiger partial charge in [0.15, 0.2) is 0 Å². The first-order chi connectivity index (χ1) is 10.6. The average Bonchev–Trinajstić information content (AvgIpc) is 2.96. The molecule has 3 N–H and O–H groups in total. The molecule has 0 bridgehead atoms. The summed E-state index contributed by atoms with van der Waals surface area (Å²) >= 11 is 0. The van der Waals surface area contributed by atoms with E-state index in [1.54, 1.807) is 7.11 Å². The van der Waals surface area contributed by atoms with Crippen LogP contribution in [0.3, 0.4) is 0 Å². The van der Waals surface area contributed by atoms with Gasteiger partial charge in [0, 0.05) is 31.6 Å². The largest absolute Gasteiger partial charge is 0.497 e. The Morgan fingerprint density at radius 3 is 2.82 bits per heavy atom. The number of nitrogens with zero attached hydrogens (tertiary/aromatic N) is 1. The van der Waals surface area contributed by atoms with Gasteiger partial charge in [-0.25, -0.2) is 0 Å². The maximum atomic E-state index is 10.2. The van der Waals surface area contributed by atoms with Crippen molar-refractivity contribution >= 4 is 11.0 Å². The van der Waals surface area contributed by atoms with E-state index in [4.69, 9.17) is 14.9 Å². The minimum Gasteiger partial charge on any atom is -0.497 e. The molecule has 0 unspecified atom stereocenters. The lowest BCUT2D eigenvalue weighted by Gasteiger charge is -2.37. The summed E-state index contributed by atoms with van der Waals surface area (Å²) < 4.78 is 10.9. The number of ether oxygens (including phenoxy) is 1. The molecule has 0 amide bonds. The van der Waals surface area contributed by atoms with E-state index >= 15 is 0 Å². The molecule has 3 rings (SSSR count). The van der Waals surface area contributed by atoms with Crippen molar-refractivity contribution < 1.29 is 14.3 Å². The van der Waals surface area contributed by atoms with Gasteiger partial charge in [-0.05, 0) is 43.0 Å². The predicted molar refractivity (Wildman–Crippen MR) is 86.1 cm³/mol. The third kappa shape index (κ3) is 3.11. The van der Waals surface area contributed by atoms with Gasteiger partial charge in [0.1, 0.15) is 11.3 Å². The molecular weight excluding hydrogens is 280 g/mol.